The molecule has 3 nitrogen and oxygen atoms in total. The van der Waals surface area contributed by atoms with E-state index in [9.17, 15) is 14.4 Å². The van der Waals surface area contributed by atoms with Crippen molar-refractivity contribution in [2.45, 2.75) is 49.9 Å². The van der Waals surface area contributed by atoms with E-state index >= 15 is 0 Å². The average Bonchev–Trinajstić information content (AvgIpc) is 3.35. The molecule has 0 bridgehead atoms. The van der Waals surface area contributed by atoms with Gasteiger partial charge in [0.2, 0.25) is 5.91 Å². The van der Waals surface area contributed by atoms with Gasteiger partial charge in [0.1, 0.15) is 5.82 Å². The normalized spacial score (nSPS) is 16.3. The van der Waals surface area contributed by atoms with Gasteiger partial charge < -0.3 is 5.32 Å². The highest BCUT2D eigenvalue weighted by atomic mass is 35.5. The number of benzene rings is 3. The predicted molar refractivity (Wildman–Crippen MR) is 138 cm³/mol. The van der Waals surface area contributed by atoms with E-state index in [-0.39, 0.29) is 22.8 Å². The highest BCUT2D eigenvalue weighted by Crippen LogP contribution is 2.44. The zero-order chi connectivity index (χ0) is 25.0. The van der Waals surface area contributed by atoms with Gasteiger partial charge in [-0.1, -0.05) is 73.3 Å². The first-order chi connectivity index (χ1) is 16.8. The first kappa shape index (κ1) is 25.2. The summed E-state index contributed by atoms with van der Waals surface area (Å²) in [6.07, 6.45) is 3.17. The van der Waals surface area contributed by atoms with Crippen molar-refractivity contribution < 1.29 is 9.18 Å². The van der Waals surface area contributed by atoms with E-state index < -0.39 is 11.2 Å². The minimum absolute atomic E-state index is 0.0513. The molecule has 1 saturated carbocycles. The van der Waals surface area contributed by atoms with Crippen LogP contribution >= 0.6 is 23.2 Å². The fourth-order valence-electron chi connectivity index (χ4n) is 5.27. The van der Waals surface area contributed by atoms with Crippen LogP contribution in [-0.2, 0) is 10.2 Å². The van der Waals surface area contributed by atoms with Gasteiger partial charge in [-0.2, -0.15) is 5.26 Å². The molecule has 0 spiro atoms. The Morgan fingerprint density at radius 3 is 2.43 bits per heavy atom. The topological polar surface area (TPSA) is 52.9 Å². The lowest BCUT2D eigenvalue weighted by atomic mass is 9.77. The van der Waals surface area contributed by atoms with Crippen molar-refractivity contribution in [1.29, 1.82) is 5.26 Å². The second-order valence-electron chi connectivity index (χ2n) is 9.31. The molecule has 1 fully saturated rings. The van der Waals surface area contributed by atoms with Crippen molar-refractivity contribution in [3.63, 3.8) is 0 Å². The third kappa shape index (κ3) is 5.37. The maximum absolute atomic E-state index is 13.7. The SMILES string of the molecule is CC(c1ccc(Cl)cc1)C(CNC(=O)C1(c2ccc(F)cc2Cl)CCCC1)c1cccc(C#N)c1. The summed E-state index contributed by atoms with van der Waals surface area (Å²) in [5, 5.41) is 13.6. The number of nitrogens with zero attached hydrogens (tertiary/aromatic N) is 1. The molecule has 0 radical (unpaired) electrons. The molecule has 180 valence electrons. The number of carbonyl (C=O) groups excluding carboxylic acids is 1. The van der Waals surface area contributed by atoms with Gasteiger partial charge in [0.15, 0.2) is 0 Å². The van der Waals surface area contributed by atoms with Gasteiger partial charge >= 0.3 is 0 Å². The van der Waals surface area contributed by atoms with Crippen molar-refractivity contribution in [1.82, 2.24) is 5.32 Å². The Labute approximate surface area is 215 Å². The van der Waals surface area contributed by atoms with Gasteiger partial charge in [-0.25, -0.2) is 4.39 Å². The molecule has 0 aromatic heterocycles. The summed E-state index contributed by atoms with van der Waals surface area (Å²) in [5.74, 6) is -0.527. The molecule has 0 heterocycles. The van der Waals surface area contributed by atoms with Crippen LogP contribution in [0, 0.1) is 17.1 Å². The molecule has 2 atom stereocenters. The van der Waals surface area contributed by atoms with E-state index in [1.165, 1.54) is 12.1 Å². The molecule has 4 rings (SSSR count). The average molecular weight is 509 g/mol. The summed E-state index contributed by atoms with van der Waals surface area (Å²) in [6.45, 7) is 2.50. The molecule has 1 N–H and O–H groups in total. The Hall–Kier alpha value is -2.87. The number of halogens is 3. The highest BCUT2D eigenvalue weighted by molar-refractivity contribution is 6.31. The van der Waals surface area contributed by atoms with E-state index in [0.29, 0.717) is 35.5 Å². The Balaban J connectivity index is 1.64. The van der Waals surface area contributed by atoms with E-state index in [1.54, 1.807) is 12.1 Å². The minimum atomic E-state index is -0.770. The second kappa shape index (κ2) is 10.8. The summed E-state index contributed by atoms with van der Waals surface area (Å²) in [6, 6.07) is 21.7. The van der Waals surface area contributed by atoms with Crippen molar-refractivity contribution in [2.75, 3.05) is 6.54 Å². The standard InChI is InChI=1S/C29H27Cl2FN2O/c1-19(21-7-9-23(30)10-8-21)25(22-6-4-5-20(15-22)17-33)18-34-28(35)29(13-2-3-14-29)26-12-11-24(32)16-27(26)31/h4-12,15-16,19,25H,2-3,13-14,18H2,1H3,(H,34,35). The molecule has 0 aliphatic heterocycles. The fraction of sp³-hybridized carbons (Fsp3) is 0.310. The monoisotopic (exact) mass is 508 g/mol. The minimum Gasteiger partial charge on any atom is -0.355 e. The number of hydrogen-bond donors (Lipinski definition) is 1. The summed E-state index contributed by atoms with van der Waals surface area (Å²) in [5.41, 5.74) is 2.56. The molecule has 35 heavy (non-hydrogen) atoms. The van der Waals surface area contributed by atoms with Crippen LogP contribution in [0.1, 0.15) is 66.7 Å². The Morgan fingerprint density at radius 1 is 1.06 bits per heavy atom. The van der Waals surface area contributed by atoms with E-state index in [0.717, 1.165) is 24.0 Å². The first-order valence-corrected chi connectivity index (χ1v) is 12.6. The first-order valence-electron chi connectivity index (χ1n) is 11.8. The maximum atomic E-state index is 13.7. The number of carbonyl (C=O) groups is 1. The zero-order valence-electron chi connectivity index (χ0n) is 19.5. The van der Waals surface area contributed by atoms with Crippen LogP contribution in [0.15, 0.2) is 66.7 Å². The van der Waals surface area contributed by atoms with Crippen molar-refractivity contribution in [3.05, 3.63) is 105 Å². The summed E-state index contributed by atoms with van der Waals surface area (Å²) < 4.78 is 13.7. The van der Waals surface area contributed by atoms with Gasteiger partial charge in [0.25, 0.3) is 0 Å². The van der Waals surface area contributed by atoms with Crippen LogP contribution in [0.4, 0.5) is 4.39 Å². The number of rotatable bonds is 7. The van der Waals surface area contributed by atoms with Gasteiger partial charge in [0, 0.05) is 22.5 Å². The van der Waals surface area contributed by atoms with Crippen LogP contribution in [0.25, 0.3) is 0 Å². The number of nitrogens with one attached hydrogen (secondary N) is 1. The van der Waals surface area contributed by atoms with Crippen LogP contribution in [0.3, 0.4) is 0 Å². The van der Waals surface area contributed by atoms with E-state index in [4.69, 9.17) is 23.2 Å². The molecule has 0 saturated heterocycles. The Kier molecular flexibility index (Phi) is 7.79. The third-order valence-electron chi connectivity index (χ3n) is 7.26. The second-order valence-corrected chi connectivity index (χ2v) is 10.2. The number of nitriles is 1. The van der Waals surface area contributed by atoms with Crippen molar-refractivity contribution in [2.24, 2.45) is 0 Å². The van der Waals surface area contributed by atoms with Crippen LogP contribution in [0.2, 0.25) is 10.0 Å². The number of amides is 1. The van der Waals surface area contributed by atoms with Crippen LogP contribution < -0.4 is 5.32 Å². The molecule has 3 aromatic carbocycles. The lowest BCUT2D eigenvalue weighted by molar-refractivity contribution is -0.126. The third-order valence-corrected chi connectivity index (χ3v) is 7.83. The molecule has 1 amide bonds. The number of hydrogen-bond acceptors (Lipinski definition) is 2. The summed E-state index contributed by atoms with van der Waals surface area (Å²) in [7, 11) is 0. The smallest absolute Gasteiger partial charge is 0.230 e. The summed E-state index contributed by atoms with van der Waals surface area (Å²) in [4.78, 5) is 13.7. The van der Waals surface area contributed by atoms with Crippen LogP contribution in [-0.4, -0.2) is 12.5 Å². The Bertz CT molecular complexity index is 1250. The van der Waals surface area contributed by atoms with Gasteiger partial charge in [-0.05, 0) is 71.8 Å². The molecule has 1 aliphatic carbocycles. The summed E-state index contributed by atoms with van der Waals surface area (Å²) >= 11 is 12.5. The fourth-order valence-corrected chi connectivity index (χ4v) is 5.74. The maximum Gasteiger partial charge on any atom is 0.230 e. The molecular weight excluding hydrogens is 482 g/mol. The molecule has 6 heteroatoms. The van der Waals surface area contributed by atoms with Gasteiger partial charge in [-0.15, -0.1) is 0 Å². The Morgan fingerprint density at radius 2 is 1.77 bits per heavy atom. The van der Waals surface area contributed by atoms with Crippen molar-refractivity contribution >= 4 is 29.1 Å². The van der Waals surface area contributed by atoms with Crippen LogP contribution in [0.5, 0.6) is 0 Å². The van der Waals surface area contributed by atoms with Gasteiger partial charge in [-0.3, -0.25) is 4.79 Å². The molecular formula is C29H27Cl2FN2O. The molecule has 3 aromatic rings. The highest BCUT2D eigenvalue weighted by Gasteiger charge is 2.44. The lowest BCUT2D eigenvalue weighted by Gasteiger charge is -2.32. The van der Waals surface area contributed by atoms with E-state index in [2.05, 4.69) is 18.3 Å². The predicted octanol–water partition coefficient (Wildman–Crippen LogP) is 7.52. The lowest BCUT2D eigenvalue weighted by Crippen LogP contribution is -2.44. The largest absolute Gasteiger partial charge is 0.355 e. The molecule has 1 aliphatic rings. The van der Waals surface area contributed by atoms with Crippen molar-refractivity contribution in [3.8, 4) is 6.07 Å². The molecule has 2 unspecified atom stereocenters. The quantitative estimate of drug-likeness (QED) is 0.358. The zero-order valence-corrected chi connectivity index (χ0v) is 21.0. The van der Waals surface area contributed by atoms with Gasteiger partial charge in [0.05, 0.1) is 17.0 Å². The van der Waals surface area contributed by atoms with E-state index in [1.807, 2.05) is 42.5 Å².